The SMILES string of the molecule is Cc1cc(Cl)c([N+](=O)[O-])cc1NC(=O)[C@@H](C)N1CCCCC1=O. The summed E-state index contributed by atoms with van der Waals surface area (Å²) in [6, 6.07) is 2.05. The van der Waals surface area contributed by atoms with E-state index in [1.807, 2.05) is 0 Å². The topological polar surface area (TPSA) is 92.6 Å². The highest BCUT2D eigenvalue weighted by atomic mass is 35.5. The van der Waals surface area contributed by atoms with E-state index in [2.05, 4.69) is 5.32 Å². The molecule has 2 rings (SSSR count). The molecule has 0 aliphatic carbocycles. The average molecular weight is 340 g/mol. The molecule has 124 valence electrons. The normalized spacial score (nSPS) is 16.1. The van der Waals surface area contributed by atoms with Crippen LogP contribution < -0.4 is 5.32 Å². The highest BCUT2D eigenvalue weighted by Gasteiger charge is 2.28. The predicted molar refractivity (Wildman–Crippen MR) is 86.5 cm³/mol. The van der Waals surface area contributed by atoms with Crippen LogP contribution in [0.5, 0.6) is 0 Å². The molecule has 1 aliphatic heterocycles. The molecule has 23 heavy (non-hydrogen) atoms. The fraction of sp³-hybridized carbons (Fsp3) is 0.467. The molecule has 1 aromatic rings. The Morgan fingerprint density at radius 1 is 1.43 bits per heavy atom. The van der Waals surface area contributed by atoms with Crippen LogP contribution in [-0.4, -0.2) is 34.2 Å². The molecular formula is C15H18ClN3O4. The number of nitro benzene ring substituents is 1. The number of anilines is 1. The van der Waals surface area contributed by atoms with Gasteiger partial charge in [0.1, 0.15) is 11.1 Å². The first-order valence-corrected chi connectivity index (χ1v) is 7.74. The zero-order chi connectivity index (χ0) is 17.1. The van der Waals surface area contributed by atoms with Crippen molar-refractivity contribution in [2.75, 3.05) is 11.9 Å². The molecule has 2 amide bonds. The highest BCUT2D eigenvalue weighted by molar-refractivity contribution is 6.32. The number of nitrogens with zero attached hydrogens (tertiary/aromatic N) is 2. The van der Waals surface area contributed by atoms with Crippen molar-refractivity contribution in [2.45, 2.75) is 39.2 Å². The van der Waals surface area contributed by atoms with Crippen molar-refractivity contribution in [2.24, 2.45) is 0 Å². The van der Waals surface area contributed by atoms with Gasteiger partial charge < -0.3 is 10.2 Å². The first kappa shape index (κ1) is 17.2. The minimum Gasteiger partial charge on any atom is -0.331 e. The maximum atomic E-state index is 12.4. The Labute approximate surface area is 138 Å². The molecule has 0 bridgehead atoms. The zero-order valence-corrected chi connectivity index (χ0v) is 13.7. The summed E-state index contributed by atoms with van der Waals surface area (Å²) in [5.41, 5.74) is 0.669. The molecule has 1 atom stereocenters. The van der Waals surface area contributed by atoms with E-state index < -0.39 is 11.0 Å². The summed E-state index contributed by atoms with van der Waals surface area (Å²) in [6.07, 6.45) is 2.16. The lowest BCUT2D eigenvalue weighted by atomic mass is 10.1. The molecule has 1 N–H and O–H groups in total. The van der Waals surface area contributed by atoms with Gasteiger partial charge in [0, 0.05) is 19.0 Å². The molecule has 8 heteroatoms. The first-order valence-electron chi connectivity index (χ1n) is 7.36. The van der Waals surface area contributed by atoms with Gasteiger partial charge in [0.15, 0.2) is 0 Å². The molecular weight excluding hydrogens is 322 g/mol. The molecule has 1 fully saturated rings. The van der Waals surface area contributed by atoms with E-state index in [1.54, 1.807) is 18.7 Å². The van der Waals surface area contributed by atoms with Gasteiger partial charge in [-0.2, -0.15) is 0 Å². The molecule has 1 aromatic carbocycles. The first-order chi connectivity index (χ1) is 10.8. The number of hydrogen-bond donors (Lipinski definition) is 1. The van der Waals surface area contributed by atoms with Gasteiger partial charge in [-0.3, -0.25) is 19.7 Å². The van der Waals surface area contributed by atoms with E-state index in [1.165, 1.54) is 12.1 Å². The summed E-state index contributed by atoms with van der Waals surface area (Å²) in [4.78, 5) is 36.1. The van der Waals surface area contributed by atoms with Crippen LogP contribution in [0.25, 0.3) is 0 Å². The quantitative estimate of drug-likeness (QED) is 0.674. The van der Waals surface area contributed by atoms with Crippen LogP contribution in [0.3, 0.4) is 0 Å². The summed E-state index contributed by atoms with van der Waals surface area (Å²) in [6.45, 7) is 3.90. The Morgan fingerprint density at radius 2 is 2.13 bits per heavy atom. The smallest absolute Gasteiger partial charge is 0.289 e. The summed E-state index contributed by atoms with van der Waals surface area (Å²) in [7, 11) is 0. The van der Waals surface area contributed by atoms with Gasteiger partial charge in [-0.1, -0.05) is 11.6 Å². The van der Waals surface area contributed by atoms with Gasteiger partial charge in [-0.05, 0) is 38.3 Å². The van der Waals surface area contributed by atoms with E-state index in [0.717, 1.165) is 12.8 Å². The number of hydrogen-bond acceptors (Lipinski definition) is 4. The third-order valence-electron chi connectivity index (χ3n) is 3.96. The largest absolute Gasteiger partial charge is 0.331 e. The Bertz CT molecular complexity index is 662. The number of halogens is 1. The molecule has 7 nitrogen and oxygen atoms in total. The lowest BCUT2D eigenvalue weighted by Gasteiger charge is -2.31. The summed E-state index contributed by atoms with van der Waals surface area (Å²) in [5, 5.41) is 13.6. The van der Waals surface area contributed by atoms with Crippen molar-refractivity contribution in [3.63, 3.8) is 0 Å². The molecule has 1 saturated heterocycles. The lowest BCUT2D eigenvalue weighted by molar-refractivity contribution is -0.384. The van der Waals surface area contributed by atoms with Gasteiger partial charge in [-0.25, -0.2) is 0 Å². The molecule has 0 saturated carbocycles. The number of amides is 2. The number of benzene rings is 1. The van der Waals surface area contributed by atoms with E-state index in [0.29, 0.717) is 24.2 Å². The maximum Gasteiger partial charge on any atom is 0.289 e. The van der Waals surface area contributed by atoms with Crippen LogP contribution in [0.2, 0.25) is 5.02 Å². The number of nitrogens with one attached hydrogen (secondary N) is 1. The maximum absolute atomic E-state index is 12.4. The lowest BCUT2D eigenvalue weighted by Crippen LogP contribution is -2.47. The summed E-state index contributed by atoms with van der Waals surface area (Å²) < 4.78 is 0. The number of carbonyl (C=O) groups excluding carboxylic acids is 2. The predicted octanol–water partition coefficient (Wildman–Crippen LogP) is 2.90. The zero-order valence-electron chi connectivity index (χ0n) is 13.0. The minimum absolute atomic E-state index is 0.0183. The molecule has 0 radical (unpaired) electrons. The molecule has 1 aliphatic rings. The second-order valence-corrected chi connectivity index (χ2v) is 5.99. The molecule has 0 spiro atoms. The summed E-state index contributed by atoms with van der Waals surface area (Å²) in [5.74, 6) is -0.419. The van der Waals surface area contributed by atoms with Gasteiger partial charge in [-0.15, -0.1) is 0 Å². The van der Waals surface area contributed by atoms with Crippen LogP contribution in [0, 0.1) is 17.0 Å². The van der Waals surface area contributed by atoms with E-state index >= 15 is 0 Å². The second-order valence-electron chi connectivity index (χ2n) is 5.59. The number of likely N-dealkylation sites (tertiary alicyclic amines) is 1. The van der Waals surface area contributed by atoms with Crippen LogP contribution in [0.1, 0.15) is 31.7 Å². The Kier molecular flexibility index (Phi) is 5.20. The van der Waals surface area contributed by atoms with Gasteiger partial charge in [0.2, 0.25) is 11.8 Å². The second kappa shape index (κ2) is 6.95. The van der Waals surface area contributed by atoms with E-state index in [-0.39, 0.29) is 22.5 Å². The standard InChI is InChI=1S/C15H18ClN3O4/c1-9-7-11(16)13(19(22)23)8-12(9)17-15(21)10(2)18-6-4-3-5-14(18)20/h7-8,10H,3-6H2,1-2H3,(H,17,21)/t10-/m1/s1. The van der Waals surface area contributed by atoms with Crippen molar-refractivity contribution in [3.8, 4) is 0 Å². The number of aryl methyl sites for hydroxylation is 1. The van der Waals surface area contributed by atoms with Gasteiger partial charge >= 0.3 is 0 Å². The Hall–Kier alpha value is -2.15. The number of carbonyl (C=O) groups is 2. The van der Waals surface area contributed by atoms with E-state index in [9.17, 15) is 19.7 Å². The highest BCUT2D eigenvalue weighted by Crippen LogP contribution is 2.30. The molecule has 1 heterocycles. The number of piperidine rings is 1. The van der Waals surface area contributed by atoms with Crippen LogP contribution in [0.4, 0.5) is 11.4 Å². The Morgan fingerprint density at radius 3 is 2.74 bits per heavy atom. The third kappa shape index (κ3) is 3.79. The Balaban J connectivity index is 2.18. The van der Waals surface area contributed by atoms with Crippen molar-refractivity contribution in [1.82, 2.24) is 4.90 Å². The number of nitro groups is 1. The van der Waals surface area contributed by atoms with Gasteiger partial charge in [0.05, 0.1) is 10.6 Å². The number of rotatable bonds is 4. The van der Waals surface area contributed by atoms with Crippen molar-refractivity contribution < 1.29 is 14.5 Å². The minimum atomic E-state index is -0.628. The van der Waals surface area contributed by atoms with Crippen LogP contribution >= 0.6 is 11.6 Å². The van der Waals surface area contributed by atoms with E-state index in [4.69, 9.17) is 11.6 Å². The summed E-state index contributed by atoms with van der Waals surface area (Å²) >= 11 is 5.83. The van der Waals surface area contributed by atoms with Crippen LogP contribution in [0.15, 0.2) is 12.1 Å². The van der Waals surface area contributed by atoms with Crippen molar-refractivity contribution >= 4 is 34.8 Å². The average Bonchev–Trinajstić information content (AvgIpc) is 2.49. The fourth-order valence-electron chi connectivity index (χ4n) is 2.55. The third-order valence-corrected chi connectivity index (χ3v) is 4.26. The monoisotopic (exact) mass is 339 g/mol. The molecule has 0 aromatic heterocycles. The van der Waals surface area contributed by atoms with Gasteiger partial charge in [0.25, 0.3) is 5.69 Å². The van der Waals surface area contributed by atoms with Crippen molar-refractivity contribution in [1.29, 1.82) is 0 Å². The fourth-order valence-corrected chi connectivity index (χ4v) is 2.84. The van der Waals surface area contributed by atoms with Crippen molar-refractivity contribution in [3.05, 3.63) is 32.8 Å². The molecule has 0 unspecified atom stereocenters. The van der Waals surface area contributed by atoms with Crippen LogP contribution in [-0.2, 0) is 9.59 Å².